The fourth-order valence-corrected chi connectivity index (χ4v) is 3.87. The summed E-state index contributed by atoms with van der Waals surface area (Å²) in [5, 5.41) is 3.76. The Hall–Kier alpha value is -4.79. The summed E-state index contributed by atoms with van der Waals surface area (Å²) in [6, 6.07) is 19.1. The van der Waals surface area contributed by atoms with E-state index in [2.05, 4.69) is 25.3 Å². The van der Waals surface area contributed by atoms with E-state index in [9.17, 15) is 9.18 Å². The highest BCUT2D eigenvalue weighted by molar-refractivity contribution is 5.98. The monoisotopic (exact) mass is 479 g/mol. The van der Waals surface area contributed by atoms with Crippen LogP contribution in [0.4, 0.5) is 10.2 Å². The van der Waals surface area contributed by atoms with Crippen molar-refractivity contribution >= 4 is 22.6 Å². The minimum atomic E-state index is -1.02. The van der Waals surface area contributed by atoms with Crippen molar-refractivity contribution < 1.29 is 9.18 Å². The second kappa shape index (κ2) is 9.10. The number of hydrogen-bond donors (Lipinski definition) is 2. The number of nitrogens with one attached hydrogen (secondary N) is 1. The molecule has 0 aliphatic carbocycles. The molecule has 3 heterocycles. The van der Waals surface area contributed by atoms with E-state index in [4.69, 9.17) is 10.7 Å². The number of carbonyl (C=O) groups is 1. The molecule has 3 N–H and O–H groups in total. The predicted octanol–water partition coefficient (Wildman–Crippen LogP) is 4.54. The number of nitrogens with zero attached hydrogens (tertiary/aromatic N) is 5. The van der Waals surface area contributed by atoms with Gasteiger partial charge >= 0.3 is 0 Å². The van der Waals surface area contributed by atoms with E-state index in [-0.39, 0.29) is 17.3 Å². The highest BCUT2D eigenvalue weighted by Crippen LogP contribution is 2.32. The van der Waals surface area contributed by atoms with Crippen LogP contribution in [0.5, 0.6) is 0 Å². The van der Waals surface area contributed by atoms with Crippen LogP contribution in [0, 0.1) is 5.82 Å². The van der Waals surface area contributed by atoms with Crippen molar-refractivity contribution in [3.8, 4) is 22.5 Å². The molecule has 0 radical (unpaired) electrons. The lowest BCUT2D eigenvalue weighted by Crippen LogP contribution is -2.43. The van der Waals surface area contributed by atoms with Crippen LogP contribution in [0.15, 0.2) is 79.3 Å². The molecule has 0 aliphatic rings. The van der Waals surface area contributed by atoms with E-state index in [1.165, 1.54) is 0 Å². The van der Waals surface area contributed by atoms with E-state index in [0.29, 0.717) is 11.4 Å². The van der Waals surface area contributed by atoms with Gasteiger partial charge in [-0.05, 0) is 32.0 Å². The van der Waals surface area contributed by atoms with E-state index in [1.54, 1.807) is 20.0 Å². The minimum absolute atomic E-state index is 0.0200. The first-order valence-electron chi connectivity index (χ1n) is 11.2. The van der Waals surface area contributed by atoms with Crippen LogP contribution >= 0.6 is 0 Å². The van der Waals surface area contributed by atoms with Crippen molar-refractivity contribution in [3.63, 3.8) is 0 Å². The second-order valence-corrected chi connectivity index (χ2v) is 8.74. The van der Waals surface area contributed by atoms with Gasteiger partial charge in [0, 0.05) is 22.7 Å². The summed E-state index contributed by atoms with van der Waals surface area (Å²) in [4.78, 5) is 35.0. The highest BCUT2D eigenvalue weighted by atomic mass is 19.1. The van der Waals surface area contributed by atoms with Crippen LogP contribution in [0.1, 0.15) is 30.2 Å². The number of carbonyl (C=O) groups excluding carboxylic acids is 1. The largest absolute Gasteiger partial charge is 0.382 e. The maximum absolute atomic E-state index is 13.3. The number of halogens is 1. The van der Waals surface area contributed by atoms with Crippen molar-refractivity contribution in [2.45, 2.75) is 19.4 Å². The minimum Gasteiger partial charge on any atom is -0.382 e. The maximum Gasteiger partial charge on any atom is 0.274 e. The lowest BCUT2D eigenvalue weighted by Gasteiger charge is -2.24. The van der Waals surface area contributed by atoms with Crippen molar-refractivity contribution in [3.05, 3.63) is 96.6 Å². The number of benzene rings is 2. The summed E-state index contributed by atoms with van der Waals surface area (Å²) in [5.41, 5.74) is 8.65. The predicted molar refractivity (Wildman–Crippen MR) is 135 cm³/mol. The van der Waals surface area contributed by atoms with Gasteiger partial charge in [0.05, 0.1) is 34.8 Å². The number of nitrogen functional groups attached to an aromatic ring is 1. The molecule has 2 aromatic carbocycles. The number of nitrogens with two attached hydrogens (primary N) is 1. The van der Waals surface area contributed by atoms with E-state index in [1.807, 2.05) is 60.7 Å². The van der Waals surface area contributed by atoms with Gasteiger partial charge < -0.3 is 11.1 Å². The van der Waals surface area contributed by atoms with Gasteiger partial charge in [-0.25, -0.2) is 24.3 Å². The van der Waals surface area contributed by atoms with Gasteiger partial charge in [0.2, 0.25) is 0 Å². The fraction of sp³-hybridized carbons (Fsp3) is 0.111. The van der Waals surface area contributed by atoms with Gasteiger partial charge in [0.15, 0.2) is 23.2 Å². The maximum atomic E-state index is 13.3. The molecule has 1 amide bonds. The van der Waals surface area contributed by atoms with Crippen LogP contribution < -0.4 is 11.1 Å². The fourth-order valence-electron chi connectivity index (χ4n) is 3.87. The number of hydrogen-bond acceptors (Lipinski definition) is 7. The topological polar surface area (TPSA) is 120 Å². The SMILES string of the molecule is CC(C)(NC(=O)c1nc(-c2ccc3ncccc3c2)c(-c2ccccc2)nc1N)c1ncc(F)cn1. The van der Waals surface area contributed by atoms with Crippen molar-refractivity contribution in [1.82, 2.24) is 30.2 Å². The van der Waals surface area contributed by atoms with Gasteiger partial charge in [-0.1, -0.05) is 42.5 Å². The number of anilines is 1. The van der Waals surface area contributed by atoms with Crippen molar-refractivity contribution in [1.29, 1.82) is 0 Å². The molecule has 0 saturated heterocycles. The molecule has 5 rings (SSSR count). The summed E-state index contributed by atoms with van der Waals surface area (Å²) in [5.74, 6) is -0.899. The zero-order valence-electron chi connectivity index (χ0n) is 19.6. The number of fused-ring (bicyclic) bond motifs is 1. The molecule has 3 aromatic heterocycles. The van der Waals surface area contributed by atoms with Crippen LogP contribution in [-0.4, -0.2) is 30.8 Å². The van der Waals surface area contributed by atoms with Gasteiger partial charge in [-0.15, -0.1) is 0 Å². The Bertz CT molecular complexity index is 1570. The van der Waals surface area contributed by atoms with Crippen LogP contribution in [0.25, 0.3) is 33.4 Å². The molecule has 0 fully saturated rings. The number of aromatic nitrogens is 5. The van der Waals surface area contributed by atoms with Gasteiger partial charge in [-0.2, -0.15) is 0 Å². The van der Waals surface area contributed by atoms with E-state index < -0.39 is 17.3 Å². The molecular formula is C27H22FN7O. The molecular weight excluding hydrogens is 457 g/mol. The zero-order valence-corrected chi connectivity index (χ0v) is 19.6. The lowest BCUT2D eigenvalue weighted by atomic mass is 10.0. The smallest absolute Gasteiger partial charge is 0.274 e. The Labute approximate surface area is 206 Å². The normalized spacial score (nSPS) is 11.4. The second-order valence-electron chi connectivity index (χ2n) is 8.74. The molecule has 36 heavy (non-hydrogen) atoms. The van der Waals surface area contributed by atoms with Gasteiger partial charge in [-0.3, -0.25) is 9.78 Å². The third-order valence-electron chi connectivity index (χ3n) is 5.67. The molecule has 0 bridgehead atoms. The molecule has 5 aromatic rings. The Kier molecular flexibility index (Phi) is 5.81. The molecule has 0 saturated carbocycles. The Balaban J connectivity index is 1.60. The van der Waals surface area contributed by atoms with Crippen molar-refractivity contribution in [2.24, 2.45) is 0 Å². The van der Waals surface area contributed by atoms with Crippen LogP contribution in [0.3, 0.4) is 0 Å². The molecule has 0 atom stereocenters. The molecule has 178 valence electrons. The molecule has 8 nitrogen and oxygen atoms in total. The zero-order chi connectivity index (χ0) is 25.3. The number of rotatable bonds is 5. The van der Waals surface area contributed by atoms with Gasteiger partial charge in [0.25, 0.3) is 5.91 Å². The third-order valence-corrected chi connectivity index (χ3v) is 5.67. The summed E-state index contributed by atoms with van der Waals surface area (Å²) < 4.78 is 13.3. The van der Waals surface area contributed by atoms with Gasteiger partial charge in [0.1, 0.15) is 0 Å². The average molecular weight is 480 g/mol. The number of pyridine rings is 1. The average Bonchev–Trinajstić information content (AvgIpc) is 2.88. The van der Waals surface area contributed by atoms with Crippen molar-refractivity contribution in [2.75, 3.05) is 5.73 Å². The lowest BCUT2D eigenvalue weighted by molar-refractivity contribution is 0.0904. The quantitative estimate of drug-likeness (QED) is 0.380. The highest BCUT2D eigenvalue weighted by Gasteiger charge is 2.29. The Morgan fingerprint density at radius 2 is 1.61 bits per heavy atom. The first-order chi connectivity index (χ1) is 17.3. The van der Waals surface area contributed by atoms with E-state index in [0.717, 1.165) is 34.4 Å². The molecule has 0 aliphatic heterocycles. The Morgan fingerprint density at radius 1 is 0.889 bits per heavy atom. The van der Waals surface area contributed by atoms with Crippen LogP contribution in [0.2, 0.25) is 0 Å². The Morgan fingerprint density at radius 3 is 2.36 bits per heavy atom. The molecule has 0 unspecified atom stereocenters. The summed E-state index contributed by atoms with van der Waals surface area (Å²) in [6.45, 7) is 3.41. The third kappa shape index (κ3) is 4.46. The molecule has 0 spiro atoms. The summed E-state index contributed by atoms with van der Waals surface area (Å²) in [6.07, 6.45) is 3.83. The summed E-state index contributed by atoms with van der Waals surface area (Å²) in [7, 11) is 0. The standard InChI is InChI=1S/C27H22FN7O/c1-27(2,26-31-14-19(28)15-32-26)35-25(36)23-24(29)34-21(16-7-4-3-5-8-16)22(33-23)18-10-11-20-17(13-18)9-6-12-30-20/h3-15H,1-2H3,(H2,29,34)(H,35,36). The van der Waals surface area contributed by atoms with E-state index >= 15 is 0 Å². The van der Waals surface area contributed by atoms with Crippen LogP contribution in [-0.2, 0) is 5.54 Å². The first-order valence-corrected chi connectivity index (χ1v) is 11.2. The first kappa shape index (κ1) is 23.0. The molecule has 9 heteroatoms. The summed E-state index contributed by atoms with van der Waals surface area (Å²) >= 11 is 0. The number of amides is 1.